The van der Waals surface area contributed by atoms with Gasteiger partial charge in [-0.1, -0.05) is 11.6 Å². The zero-order chi connectivity index (χ0) is 14.8. The first-order valence-corrected chi connectivity index (χ1v) is 6.65. The van der Waals surface area contributed by atoms with E-state index in [1.165, 1.54) is 0 Å². The van der Waals surface area contributed by atoms with Gasteiger partial charge in [-0.15, -0.1) is 0 Å². The Morgan fingerprint density at radius 2 is 2.05 bits per heavy atom. The molecule has 0 spiro atoms. The van der Waals surface area contributed by atoms with Crippen LogP contribution in [0.1, 0.15) is 0 Å². The summed E-state index contributed by atoms with van der Waals surface area (Å²) in [5.41, 5.74) is 8.19. The van der Waals surface area contributed by atoms with E-state index in [0.29, 0.717) is 10.8 Å². The van der Waals surface area contributed by atoms with Gasteiger partial charge in [0.15, 0.2) is 0 Å². The van der Waals surface area contributed by atoms with E-state index in [9.17, 15) is 0 Å². The van der Waals surface area contributed by atoms with Crippen LogP contribution in [-0.4, -0.2) is 21.6 Å². The monoisotopic (exact) mass is 300 g/mol. The first kappa shape index (κ1) is 13.5. The number of hydrogen-bond acceptors (Lipinski definition) is 4. The Labute approximate surface area is 127 Å². The van der Waals surface area contributed by atoms with Gasteiger partial charge < -0.3 is 10.5 Å². The molecule has 1 aromatic carbocycles. The summed E-state index contributed by atoms with van der Waals surface area (Å²) in [4.78, 5) is 8.30. The van der Waals surface area contributed by atoms with Gasteiger partial charge in [0.1, 0.15) is 11.6 Å². The Morgan fingerprint density at radius 3 is 2.76 bits per heavy atom. The molecule has 5 nitrogen and oxygen atoms in total. The van der Waals surface area contributed by atoms with Crippen LogP contribution in [0.15, 0.2) is 49.1 Å². The second-order valence-electron chi connectivity index (χ2n) is 4.44. The molecule has 21 heavy (non-hydrogen) atoms. The predicted molar refractivity (Wildman–Crippen MR) is 82.8 cm³/mol. The van der Waals surface area contributed by atoms with E-state index in [1.807, 2.05) is 22.8 Å². The molecule has 6 heteroatoms. The Morgan fingerprint density at radius 1 is 1.19 bits per heavy atom. The maximum atomic E-state index is 6.29. The summed E-state index contributed by atoms with van der Waals surface area (Å²) in [7, 11) is 1.62. The van der Waals surface area contributed by atoms with Gasteiger partial charge in [0.25, 0.3) is 0 Å². The smallest absolute Gasteiger partial charge is 0.123 e. The Kier molecular flexibility index (Phi) is 3.50. The van der Waals surface area contributed by atoms with Gasteiger partial charge in [-0.05, 0) is 24.3 Å². The average molecular weight is 301 g/mol. The summed E-state index contributed by atoms with van der Waals surface area (Å²) in [5.74, 6) is 1.20. The normalized spacial score (nSPS) is 10.6. The summed E-state index contributed by atoms with van der Waals surface area (Å²) in [6, 6.07) is 9.11. The molecule has 3 rings (SSSR count). The molecule has 0 fully saturated rings. The topological polar surface area (TPSA) is 66.0 Å². The lowest BCUT2D eigenvalue weighted by Gasteiger charge is -2.11. The van der Waals surface area contributed by atoms with Crippen molar-refractivity contribution in [1.82, 2.24) is 14.5 Å². The van der Waals surface area contributed by atoms with Gasteiger partial charge in [-0.25, -0.2) is 9.97 Å². The largest absolute Gasteiger partial charge is 0.497 e. The number of hydrogen-bond donors (Lipinski definition) is 1. The van der Waals surface area contributed by atoms with Gasteiger partial charge in [0.05, 0.1) is 36.0 Å². The van der Waals surface area contributed by atoms with E-state index in [1.54, 1.807) is 38.0 Å². The van der Waals surface area contributed by atoms with Crippen LogP contribution in [0.2, 0.25) is 5.02 Å². The number of anilines is 1. The van der Waals surface area contributed by atoms with E-state index in [0.717, 1.165) is 22.7 Å². The van der Waals surface area contributed by atoms with E-state index in [4.69, 9.17) is 22.1 Å². The molecule has 0 aliphatic heterocycles. The van der Waals surface area contributed by atoms with Gasteiger partial charge >= 0.3 is 0 Å². The van der Waals surface area contributed by atoms with Crippen LogP contribution in [0.25, 0.3) is 16.9 Å². The quantitative estimate of drug-likeness (QED) is 0.807. The number of ether oxygens (including phenoxy) is 1. The van der Waals surface area contributed by atoms with E-state index < -0.39 is 0 Å². The van der Waals surface area contributed by atoms with Crippen molar-refractivity contribution in [3.63, 3.8) is 0 Å². The number of pyridine rings is 1. The lowest BCUT2D eigenvalue weighted by molar-refractivity contribution is 0.414. The van der Waals surface area contributed by atoms with Gasteiger partial charge in [0.2, 0.25) is 0 Å². The summed E-state index contributed by atoms with van der Waals surface area (Å²) in [6.07, 6.45) is 5.16. The fraction of sp³-hybridized carbons (Fsp3) is 0.0667. The molecule has 2 heterocycles. The first-order chi connectivity index (χ1) is 10.2. The summed E-state index contributed by atoms with van der Waals surface area (Å²) in [6.45, 7) is 0. The minimum absolute atomic E-state index is 0.476. The van der Waals surface area contributed by atoms with Crippen molar-refractivity contribution in [2.75, 3.05) is 12.8 Å². The third kappa shape index (κ3) is 2.55. The van der Waals surface area contributed by atoms with Crippen molar-refractivity contribution in [3.05, 3.63) is 54.1 Å². The third-order valence-electron chi connectivity index (χ3n) is 3.13. The van der Waals surface area contributed by atoms with Crippen molar-refractivity contribution >= 4 is 17.4 Å². The number of benzene rings is 1. The number of aromatic nitrogens is 3. The second-order valence-corrected chi connectivity index (χ2v) is 4.85. The molecule has 0 amide bonds. The van der Waals surface area contributed by atoms with Crippen LogP contribution < -0.4 is 10.5 Å². The number of nitrogen functional groups attached to an aromatic ring is 1. The summed E-state index contributed by atoms with van der Waals surface area (Å²) < 4.78 is 7.13. The molecule has 2 aromatic heterocycles. The van der Waals surface area contributed by atoms with Gasteiger partial charge in [0, 0.05) is 17.8 Å². The van der Waals surface area contributed by atoms with E-state index in [-0.39, 0.29) is 0 Å². The van der Waals surface area contributed by atoms with Crippen LogP contribution in [0.4, 0.5) is 5.82 Å². The third-order valence-corrected chi connectivity index (χ3v) is 3.45. The highest BCUT2D eigenvalue weighted by Gasteiger charge is 2.11. The number of nitrogens with zero attached hydrogens (tertiary/aromatic N) is 3. The maximum absolute atomic E-state index is 6.29. The molecule has 2 N–H and O–H groups in total. The highest BCUT2D eigenvalue weighted by Crippen LogP contribution is 2.29. The van der Waals surface area contributed by atoms with Crippen LogP contribution >= 0.6 is 11.6 Å². The molecule has 3 aromatic rings. The maximum Gasteiger partial charge on any atom is 0.123 e. The van der Waals surface area contributed by atoms with Crippen molar-refractivity contribution in [3.8, 4) is 22.7 Å². The Bertz CT molecular complexity index is 768. The standard InChI is InChI=1S/C15H13ClN4O/c1-21-11-3-4-12(16)13(6-11)20-9-18-8-14(20)10-2-5-15(17)19-7-10/h2-9H,1H3,(H2,17,19). The average Bonchev–Trinajstić information content (AvgIpc) is 2.98. The van der Waals surface area contributed by atoms with Crippen molar-refractivity contribution in [2.45, 2.75) is 0 Å². The van der Waals surface area contributed by atoms with Crippen LogP contribution in [0.5, 0.6) is 5.75 Å². The number of rotatable bonds is 3. The van der Waals surface area contributed by atoms with Crippen LogP contribution in [0, 0.1) is 0 Å². The molecule has 0 radical (unpaired) electrons. The summed E-state index contributed by atoms with van der Waals surface area (Å²) >= 11 is 6.29. The molecule has 0 bridgehead atoms. The molecule has 106 valence electrons. The minimum atomic E-state index is 0.476. The number of halogens is 1. The zero-order valence-corrected chi connectivity index (χ0v) is 12.1. The SMILES string of the molecule is COc1ccc(Cl)c(-n2cncc2-c2ccc(N)nc2)c1. The van der Waals surface area contributed by atoms with Crippen LogP contribution in [0.3, 0.4) is 0 Å². The van der Waals surface area contributed by atoms with Crippen molar-refractivity contribution in [1.29, 1.82) is 0 Å². The van der Waals surface area contributed by atoms with Gasteiger partial charge in [-0.3, -0.25) is 4.57 Å². The van der Waals surface area contributed by atoms with E-state index in [2.05, 4.69) is 9.97 Å². The molecule has 0 unspecified atom stereocenters. The molecular weight excluding hydrogens is 288 g/mol. The minimum Gasteiger partial charge on any atom is -0.497 e. The zero-order valence-electron chi connectivity index (χ0n) is 11.3. The predicted octanol–water partition coefficient (Wildman–Crippen LogP) is 3.18. The highest BCUT2D eigenvalue weighted by molar-refractivity contribution is 6.32. The first-order valence-electron chi connectivity index (χ1n) is 6.27. The van der Waals surface area contributed by atoms with Crippen molar-refractivity contribution < 1.29 is 4.74 Å². The second kappa shape index (κ2) is 5.46. The molecule has 0 atom stereocenters. The number of nitrogens with two attached hydrogens (primary N) is 1. The Balaban J connectivity index is 2.13. The number of methoxy groups -OCH3 is 1. The fourth-order valence-electron chi connectivity index (χ4n) is 2.06. The van der Waals surface area contributed by atoms with Crippen molar-refractivity contribution in [2.24, 2.45) is 0 Å². The molecule has 0 saturated heterocycles. The molecular formula is C15H13ClN4O. The van der Waals surface area contributed by atoms with Crippen LogP contribution in [-0.2, 0) is 0 Å². The molecule has 0 aliphatic carbocycles. The van der Waals surface area contributed by atoms with Gasteiger partial charge in [-0.2, -0.15) is 0 Å². The fourth-order valence-corrected chi connectivity index (χ4v) is 2.27. The lowest BCUT2D eigenvalue weighted by Crippen LogP contribution is -1.98. The number of imidazole rings is 1. The summed E-state index contributed by atoms with van der Waals surface area (Å²) in [5, 5.41) is 0.610. The highest BCUT2D eigenvalue weighted by atomic mass is 35.5. The molecule has 0 saturated carbocycles. The molecule has 0 aliphatic rings. The van der Waals surface area contributed by atoms with E-state index >= 15 is 0 Å². The lowest BCUT2D eigenvalue weighted by atomic mass is 10.2. The Hall–Kier alpha value is -2.53.